The number of aromatic nitrogens is 3. The first-order chi connectivity index (χ1) is 16.4. The Balaban J connectivity index is 1.14. The van der Waals surface area contributed by atoms with Crippen molar-refractivity contribution < 1.29 is 17.3 Å². The van der Waals surface area contributed by atoms with Crippen LogP contribution in [-0.4, -0.2) is 55.4 Å². The molecule has 0 amide bonds. The average Bonchev–Trinajstić information content (AvgIpc) is 3.14. The first-order valence-electron chi connectivity index (χ1n) is 11.4. The van der Waals surface area contributed by atoms with Crippen molar-refractivity contribution in [2.75, 3.05) is 31.2 Å². The molecule has 1 aliphatic heterocycles. The number of benzene rings is 1. The summed E-state index contributed by atoms with van der Waals surface area (Å²) in [5.41, 5.74) is 3.07. The van der Waals surface area contributed by atoms with Crippen molar-refractivity contribution >= 4 is 37.9 Å². The summed E-state index contributed by atoms with van der Waals surface area (Å²) >= 11 is 0. The fraction of sp³-hybridized carbons (Fsp3) is 0.360. The van der Waals surface area contributed by atoms with Crippen molar-refractivity contribution in [1.82, 2.24) is 14.5 Å². The summed E-state index contributed by atoms with van der Waals surface area (Å²) in [5, 5.41) is 2.21. The van der Waals surface area contributed by atoms with Crippen LogP contribution in [0.4, 0.5) is 5.82 Å². The molecule has 0 unspecified atom stereocenters. The predicted molar refractivity (Wildman–Crippen MR) is 132 cm³/mol. The molecule has 0 N–H and O–H groups in total. The largest absolute Gasteiger partial charge is 0.376 e. The summed E-state index contributed by atoms with van der Waals surface area (Å²) in [7, 11) is -1.73. The van der Waals surface area contributed by atoms with E-state index in [4.69, 9.17) is 13.9 Å². The highest BCUT2D eigenvalue weighted by Crippen LogP contribution is 2.29. The number of pyridine rings is 2. The van der Waals surface area contributed by atoms with E-state index < -0.39 is 10.1 Å². The number of nitrogens with zero attached hydrogens (tertiary/aromatic N) is 4. The summed E-state index contributed by atoms with van der Waals surface area (Å²) in [6.07, 6.45) is 5.47. The highest BCUT2D eigenvalue weighted by atomic mass is 32.2. The minimum absolute atomic E-state index is 0.00452. The first-order valence-corrected chi connectivity index (χ1v) is 12.8. The monoisotopic (exact) mass is 480 g/mol. The molecule has 4 heterocycles. The molecule has 0 bridgehead atoms. The lowest BCUT2D eigenvalue weighted by molar-refractivity contribution is 0.0212. The molecule has 8 nitrogen and oxygen atoms in total. The molecule has 1 aliphatic rings. The third kappa shape index (κ3) is 4.51. The number of piperidine rings is 1. The second kappa shape index (κ2) is 9.32. The van der Waals surface area contributed by atoms with Crippen molar-refractivity contribution in [2.24, 2.45) is 7.05 Å². The van der Waals surface area contributed by atoms with Gasteiger partial charge in [0.15, 0.2) is 0 Å². The van der Waals surface area contributed by atoms with Crippen LogP contribution in [0.1, 0.15) is 18.4 Å². The lowest BCUT2D eigenvalue weighted by Crippen LogP contribution is -2.38. The van der Waals surface area contributed by atoms with Gasteiger partial charge in [-0.05, 0) is 50.1 Å². The molecule has 5 rings (SSSR count). The van der Waals surface area contributed by atoms with E-state index in [2.05, 4.69) is 26.6 Å². The Morgan fingerprint density at radius 2 is 1.76 bits per heavy atom. The summed E-state index contributed by atoms with van der Waals surface area (Å²) < 4.78 is 37.7. The third-order valence-corrected chi connectivity index (χ3v) is 7.71. The molecule has 1 fully saturated rings. The molecule has 0 radical (unpaired) electrons. The average molecular weight is 481 g/mol. The van der Waals surface area contributed by atoms with Crippen molar-refractivity contribution in [3.05, 3.63) is 60.4 Å². The SMILES string of the molecule is Cc1ccc(S(=O)(=O)OCCOC2CCN(c3ccc4c5cnccc5n(C)c4n3)CC2)cc1. The van der Waals surface area contributed by atoms with Crippen LogP contribution in [-0.2, 0) is 26.1 Å². The summed E-state index contributed by atoms with van der Waals surface area (Å²) in [5.74, 6) is 0.956. The minimum atomic E-state index is -3.76. The third-order valence-electron chi connectivity index (χ3n) is 6.38. The van der Waals surface area contributed by atoms with Gasteiger partial charge in [-0.1, -0.05) is 17.7 Å². The quantitative estimate of drug-likeness (QED) is 0.294. The van der Waals surface area contributed by atoms with Gasteiger partial charge in [0.25, 0.3) is 10.1 Å². The number of hydrogen-bond acceptors (Lipinski definition) is 7. The van der Waals surface area contributed by atoms with Gasteiger partial charge in [-0.25, -0.2) is 4.98 Å². The molecule has 1 saturated heterocycles. The molecule has 0 aliphatic carbocycles. The summed E-state index contributed by atoms with van der Waals surface area (Å²) in [6, 6.07) is 12.8. The van der Waals surface area contributed by atoms with Crippen LogP contribution in [0.2, 0.25) is 0 Å². The van der Waals surface area contributed by atoms with Gasteiger partial charge in [-0.15, -0.1) is 0 Å². The standard InChI is InChI=1S/C25H28N4O4S/c1-18-3-5-20(6-4-18)34(30,31)33-16-15-32-19-10-13-29(14-11-19)24-8-7-21-22-17-26-12-9-23(22)28(2)25(21)27-24/h3-9,12,17,19H,10-11,13-16H2,1-2H3. The lowest BCUT2D eigenvalue weighted by atomic mass is 10.1. The number of anilines is 1. The number of hydrogen-bond donors (Lipinski definition) is 0. The normalized spacial score (nSPS) is 15.4. The van der Waals surface area contributed by atoms with E-state index >= 15 is 0 Å². The van der Waals surface area contributed by atoms with Gasteiger partial charge in [-0.3, -0.25) is 9.17 Å². The van der Waals surface area contributed by atoms with Crippen molar-refractivity contribution in [3.63, 3.8) is 0 Å². The lowest BCUT2D eigenvalue weighted by Gasteiger charge is -2.32. The maximum absolute atomic E-state index is 12.3. The zero-order valence-electron chi connectivity index (χ0n) is 19.3. The fourth-order valence-electron chi connectivity index (χ4n) is 4.46. The Morgan fingerprint density at radius 3 is 2.53 bits per heavy atom. The zero-order valence-corrected chi connectivity index (χ0v) is 20.2. The molecule has 1 aromatic carbocycles. The Kier molecular flexibility index (Phi) is 6.24. The van der Waals surface area contributed by atoms with Gasteiger partial charge in [0.1, 0.15) is 11.5 Å². The van der Waals surface area contributed by atoms with E-state index in [0.717, 1.165) is 59.2 Å². The first kappa shape index (κ1) is 22.8. The maximum atomic E-state index is 12.3. The van der Waals surface area contributed by atoms with Crippen LogP contribution in [0.3, 0.4) is 0 Å². The maximum Gasteiger partial charge on any atom is 0.297 e. The molecule has 0 spiro atoms. The van der Waals surface area contributed by atoms with Gasteiger partial charge in [0.05, 0.1) is 29.7 Å². The zero-order chi connectivity index (χ0) is 23.7. The Bertz CT molecular complexity index is 1410. The Morgan fingerprint density at radius 1 is 1.00 bits per heavy atom. The molecule has 4 aromatic rings. The van der Waals surface area contributed by atoms with Crippen LogP contribution in [0.15, 0.2) is 59.8 Å². The molecule has 34 heavy (non-hydrogen) atoms. The van der Waals surface area contributed by atoms with E-state index in [1.807, 2.05) is 26.2 Å². The molecule has 178 valence electrons. The van der Waals surface area contributed by atoms with E-state index in [1.165, 1.54) is 0 Å². The van der Waals surface area contributed by atoms with Crippen LogP contribution < -0.4 is 4.90 Å². The van der Waals surface area contributed by atoms with Gasteiger partial charge < -0.3 is 14.2 Å². The number of rotatable bonds is 7. The second-order valence-electron chi connectivity index (χ2n) is 8.64. The summed E-state index contributed by atoms with van der Waals surface area (Å²) in [6.45, 7) is 3.81. The Hall–Kier alpha value is -3.01. The van der Waals surface area contributed by atoms with Crippen LogP contribution >= 0.6 is 0 Å². The van der Waals surface area contributed by atoms with Gasteiger partial charge in [-0.2, -0.15) is 8.42 Å². The van der Waals surface area contributed by atoms with Crippen molar-refractivity contribution in [1.29, 1.82) is 0 Å². The second-order valence-corrected chi connectivity index (χ2v) is 10.3. The smallest absolute Gasteiger partial charge is 0.297 e. The minimum Gasteiger partial charge on any atom is -0.376 e. The van der Waals surface area contributed by atoms with Crippen LogP contribution in [0, 0.1) is 6.92 Å². The molecular weight excluding hydrogens is 452 g/mol. The molecular formula is C25H28N4O4S. The Labute approximate surface area is 199 Å². The highest BCUT2D eigenvalue weighted by Gasteiger charge is 2.22. The molecule has 3 aromatic heterocycles. The van der Waals surface area contributed by atoms with E-state index in [-0.39, 0.29) is 24.2 Å². The molecule has 0 saturated carbocycles. The number of fused-ring (bicyclic) bond motifs is 3. The predicted octanol–water partition coefficient (Wildman–Crippen LogP) is 3.82. The van der Waals surface area contributed by atoms with E-state index in [0.29, 0.717) is 0 Å². The van der Waals surface area contributed by atoms with Crippen molar-refractivity contribution in [2.45, 2.75) is 30.8 Å². The van der Waals surface area contributed by atoms with Gasteiger partial charge in [0, 0.05) is 43.3 Å². The van der Waals surface area contributed by atoms with Gasteiger partial charge >= 0.3 is 0 Å². The molecule has 9 heteroatoms. The van der Waals surface area contributed by atoms with E-state index in [9.17, 15) is 8.42 Å². The van der Waals surface area contributed by atoms with Crippen molar-refractivity contribution in [3.8, 4) is 0 Å². The number of aryl methyl sites for hydroxylation is 2. The summed E-state index contributed by atoms with van der Waals surface area (Å²) in [4.78, 5) is 11.6. The highest BCUT2D eigenvalue weighted by molar-refractivity contribution is 7.86. The number of ether oxygens (including phenoxy) is 1. The molecule has 0 atom stereocenters. The fourth-order valence-corrected chi connectivity index (χ4v) is 5.36. The van der Waals surface area contributed by atoms with E-state index in [1.54, 1.807) is 30.5 Å². The van der Waals surface area contributed by atoms with Gasteiger partial charge in [0.2, 0.25) is 0 Å². The van der Waals surface area contributed by atoms with Crippen LogP contribution in [0.25, 0.3) is 21.9 Å². The topological polar surface area (TPSA) is 86.6 Å². The van der Waals surface area contributed by atoms with Crippen LogP contribution in [0.5, 0.6) is 0 Å².